The summed E-state index contributed by atoms with van der Waals surface area (Å²) in [6.45, 7) is 14.5. The van der Waals surface area contributed by atoms with Gasteiger partial charge in [0.1, 0.15) is 23.4 Å². The first-order chi connectivity index (χ1) is 22.6. The predicted molar refractivity (Wildman–Crippen MR) is 189 cm³/mol. The van der Waals surface area contributed by atoms with Gasteiger partial charge in [-0.15, -0.1) is 0 Å². The van der Waals surface area contributed by atoms with E-state index in [2.05, 4.69) is 58.9 Å². The van der Waals surface area contributed by atoms with Crippen molar-refractivity contribution >= 4 is 0 Å². The Labute approximate surface area is 280 Å². The van der Waals surface area contributed by atoms with Gasteiger partial charge in [0.2, 0.25) is 0 Å². The maximum absolute atomic E-state index is 6.89. The van der Waals surface area contributed by atoms with Crippen LogP contribution >= 0.6 is 0 Å². The molecule has 6 heteroatoms. The first-order valence-electron chi connectivity index (χ1n) is 18.7. The molecule has 46 heavy (non-hydrogen) atoms. The van der Waals surface area contributed by atoms with Crippen LogP contribution in [0.15, 0.2) is 30.3 Å². The standard InChI is InChI=1S/C40H64O6/c1-6-11-16-23-41-33-29-36(43-25-18-13-8-3)34-31-39(45-27-20-15-10-5)40(46-37(34)30-33)32-21-22-35(42-24-17-12-7-2)38(28-32)44-26-19-14-9-4/h21-22,28-30,39-40H,6-20,23-27,31H2,1-5H3. The number of rotatable bonds is 26. The fourth-order valence-corrected chi connectivity index (χ4v) is 5.73. The van der Waals surface area contributed by atoms with Crippen molar-refractivity contribution in [2.24, 2.45) is 0 Å². The van der Waals surface area contributed by atoms with Crippen LogP contribution in [0.3, 0.4) is 0 Å². The highest BCUT2D eigenvalue weighted by Crippen LogP contribution is 2.45. The number of fused-ring (bicyclic) bond motifs is 1. The van der Waals surface area contributed by atoms with Crippen molar-refractivity contribution in [3.05, 3.63) is 41.5 Å². The Morgan fingerprint density at radius 2 is 1.07 bits per heavy atom. The molecule has 2 aromatic rings. The Hall–Kier alpha value is -2.60. The van der Waals surface area contributed by atoms with Crippen molar-refractivity contribution in [3.63, 3.8) is 0 Å². The van der Waals surface area contributed by atoms with Gasteiger partial charge in [0.05, 0.1) is 26.4 Å². The summed E-state index contributed by atoms with van der Waals surface area (Å²) in [7, 11) is 0. The van der Waals surface area contributed by atoms with E-state index in [-0.39, 0.29) is 12.2 Å². The van der Waals surface area contributed by atoms with E-state index in [0.717, 1.165) is 130 Å². The second-order valence-corrected chi connectivity index (χ2v) is 12.7. The van der Waals surface area contributed by atoms with Gasteiger partial charge in [-0.3, -0.25) is 0 Å². The van der Waals surface area contributed by atoms with E-state index < -0.39 is 0 Å². The van der Waals surface area contributed by atoms with Gasteiger partial charge < -0.3 is 28.4 Å². The van der Waals surface area contributed by atoms with Crippen LogP contribution in [0, 0.1) is 0 Å². The predicted octanol–water partition coefficient (Wildman–Crippen LogP) is 11.2. The summed E-state index contributed by atoms with van der Waals surface area (Å²) in [5, 5.41) is 0. The van der Waals surface area contributed by atoms with Crippen LogP contribution in [-0.4, -0.2) is 39.1 Å². The molecule has 260 valence electrons. The minimum absolute atomic E-state index is 0.150. The van der Waals surface area contributed by atoms with E-state index in [1.807, 2.05) is 6.07 Å². The fraction of sp³-hybridized carbons (Fsp3) is 0.700. The average molecular weight is 641 g/mol. The van der Waals surface area contributed by atoms with E-state index in [1.54, 1.807) is 0 Å². The van der Waals surface area contributed by atoms with Crippen molar-refractivity contribution in [3.8, 4) is 28.7 Å². The lowest BCUT2D eigenvalue weighted by molar-refractivity contribution is -0.0394. The van der Waals surface area contributed by atoms with E-state index in [0.29, 0.717) is 39.5 Å². The van der Waals surface area contributed by atoms with E-state index in [1.165, 1.54) is 6.42 Å². The van der Waals surface area contributed by atoms with Crippen molar-refractivity contribution in [2.45, 2.75) is 150 Å². The molecule has 0 aliphatic carbocycles. The van der Waals surface area contributed by atoms with Crippen molar-refractivity contribution < 1.29 is 28.4 Å². The first-order valence-corrected chi connectivity index (χ1v) is 18.7. The molecule has 0 spiro atoms. The molecule has 0 saturated heterocycles. The Morgan fingerprint density at radius 1 is 0.543 bits per heavy atom. The third-order valence-electron chi connectivity index (χ3n) is 8.55. The van der Waals surface area contributed by atoms with Crippen LogP contribution in [0.4, 0.5) is 0 Å². The monoisotopic (exact) mass is 640 g/mol. The lowest BCUT2D eigenvalue weighted by Crippen LogP contribution is -2.33. The molecule has 2 atom stereocenters. The van der Waals surface area contributed by atoms with Gasteiger partial charge in [-0.2, -0.15) is 0 Å². The van der Waals surface area contributed by atoms with Gasteiger partial charge in [-0.25, -0.2) is 0 Å². The third-order valence-corrected chi connectivity index (χ3v) is 8.55. The molecule has 1 aliphatic rings. The van der Waals surface area contributed by atoms with Gasteiger partial charge in [0.25, 0.3) is 0 Å². The van der Waals surface area contributed by atoms with E-state index in [9.17, 15) is 0 Å². The number of hydrogen-bond acceptors (Lipinski definition) is 6. The minimum Gasteiger partial charge on any atom is -0.493 e. The zero-order chi connectivity index (χ0) is 32.8. The summed E-state index contributed by atoms with van der Waals surface area (Å²) in [6, 6.07) is 10.4. The molecule has 0 saturated carbocycles. The van der Waals surface area contributed by atoms with Crippen molar-refractivity contribution in [1.82, 2.24) is 0 Å². The summed E-state index contributed by atoms with van der Waals surface area (Å²) < 4.78 is 38.7. The molecule has 0 amide bonds. The van der Waals surface area contributed by atoms with Crippen LogP contribution in [0.25, 0.3) is 0 Å². The summed E-state index contributed by atoms with van der Waals surface area (Å²) in [5.41, 5.74) is 2.11. The third kappa shape index (κ3) is 12.9. The molecule has 0 bridgehead atoms. The highest BCUT2D eigenvalue weighted by Gasteiger charge is 2.35. The van der Waals surface area contributed by atoms with Crippen LogP contribution in [0.5, 0.6) is 28.7 Å². The Morgan fingerprint density at radius 3 is 1.65 bits per heavy atom. The zero-order valence-corrected chi connectivity index (χ0v) is 29.8. The minimum atomic E-state index is -0.287. The van der Waals surface area contributed by atoms with E-state index >= 15 is 0 Å². The molecule has 0 radical (unpaired) electrons. The molecular weight excluding hydrogens is 576 g/mol. The number of hydrogen-bond donors (Lipinski definition) is 0. The summed E-state index contributed by atoms with van der Waals surface area (Å²) in [6.07, 6.45) is 17.0. The topological polar surface area (TPSA) is 55.4 Å². The van der Waals surface area contributed by atoms with E-state index in [4.69, 9.17) is 28.4 Å². The lowest BCUT2D eigenvalue weighted by atomic mass is 9.93. The normalized spacial score (nSPS) is 15.7. The Balaban J connectivity index is 1.93. The number of ether oxygens (including phenoxy) is 6. The Kier molecular flexibility index (Phi) is 18.8. The van der Waals surface area contributed by atoms with Crippen LogP contribution in [0.2, 0.25) is 0 Å². The highest BCUT2D eigenvalue weighted by molar-refractivity contribution is 5.53. The quantitative estimate of drug-likeness (QED) is 0.0954. The van der Waals surface area contributed by atoms with Gasteiger partial charge >= 0.3 is 0 Å². The van der Waals surface area contributed by atoms with Crippen molar-refractivity contribution in [1.29, 1.82) is 0 Å². The molecule has 2 aromatic carbocycles. The maximum atomic E-state index is 6.89. The lowest BCUT2D eigenvalue weighted by Gasteiger charge is -2.35. The zero-order valence-electron chi connectivity index (χ0n) is 29.8. The largest absolute Gasteiger partial charge is 0.493 e. The van der Waals surface area contributed by atoms with Gasteiger partial charge in [-0.1, -0.05) is 105 Å². The first kappa shape index (κ1) is 37.9. The molecule has 0 fully saturated rings. The Bertz CT molecular complexity index is 1090. The van der Waals surface area contributed by atoms with Gasteiger partial charge in [0, 0.05) is 30.7 Å². The summed E-state index contributed by atoms with van der Waals surface area (Å²) >= 11 is 0. The number of benzene rings is 2. The van der Waals surface area contributed by atoms with Crippen LogP contribution in [-0.2, 0) is 11.2 Å². The smallest absolute Gasteiger partial charge is 0.161 e. The second kappa shape index (κ2) is 22.8. The molecule has 0 aromatic heterocycles. The molecule has 1 aliphatic heterocycles. The molecule has 0 N–H and O–H groups in total. The SMILES string of the molecule is CCCCCOc1cc(OCCCCC)c2c(c1)OC(c1ccc(OCCCCC)c(OCCCCC)c1)C(OCCCCC)C2. The van der Waals surface area contributed by atoms with Crippen LogP contribution < -0.4 is 23.7 Å². The molecular formula is C40H64O6. The summed E-state index contributed by atoms with van der Waals surface area (Å²) in [5.74, 6) is 4.07. The fourth-order valence-electron chi connectivity index (χ4n) is 5.73. The van der Waals surface area contributed by atoms with Crippen LogP contribution in [0.1, 0.15) is 148 Å². The molecule has 1 heterocycles. The number of unbranched alkanes of at least 4 members (excludes halogenated alkanes) is 10. The van der Waals surface area contributed by atoms with Crippen molar-refractivity contribution in [2.75, 3.05) is 33.0 Å². The maximum Gasteiger partial charge on any atom is 0.161 e. The van der Waals surface area contributed by atoms with Gasteiger partial charge in [0.15, 0.2) is 17.6 Å². The second-order valence-electron chi connectivity index (χ2n) is 12.7. The highest BCUT2D eigenvalue weighted by atomic mass is 16.5. The molecule has 2 unspecified atom stereocenters. The molecule has 6 nitrogen and oxygen atoms in total. The molecule has 3 rings (SSSR count). The summed E-state index contributed by atoms with van der Waals surface area (Å²) in [4.78, 5) is 0. The van der Waals surface area contributed by atoms with Gasteiger partial charge in [-0.05, 0) is 49.8 Å². The average Bonchev–Trinajstić information content (AvgIpc) is 3.07.